The molecule has 0 saturated carbocycles. The largest absolute Gasteiger partial charge is 0.391 e. The molecule has 0 spiro atoms. The fraction of sp³-hybridized carbons (Fsp3) is 0.320. The average molecular weight is 526 g/mol. The summed E-state index contributed by atoms with van der Waals surface area (Å²) in [6.45, 7) is 3.99. The SMILES string of the molecule is CCCN(N)/C=C(\N)SN1CCC2=Cc3c(cnn3-c3ccc(F)cc3)CC2(C(=O)c2cscn2)C1. The predicted octanol–water partition coefficient (Wildman–Crippen LogP) is 3.97. The van der Waals surface area contributed by atoms with E-state index in [1.807, 2.05) is 10.1 Å². The van der Waals surface area contributed by atoms with Gasteiger partial charge < -0.3 is 10.7 Å². The number of fused-ring (bicyclic) bond motifs is 2. The molecule has 0 amide bonds. The van der Waals surface area contributed by atoms with E-state index in [2.05, 4.69) is 27.4 Å². The Balaban J connectivity index is 1.49. The second-order valence-corrected chi connectivity index (χ2v) is 10.9. The van der Waals surface area contributed by atoms with Crippen molar-refractivity contribution in [2.75, 3.05) is 19.6 Å². The summed E-state index contributed by atoms with van der Waals surface area (Å²) >= 11 is 2.84. The van der Waals surface area contributed by atoms with Crippen LogP contribution in [-0.2, 0) is 6.42 Å². The molecule has 5 rings (SSSR count). The Morgan fingerprint density at radius 2 is 2.17 bits per heavy atom. The normalized spacial score (nSPS) is 20.0. The first-order chi connectivity index (χ1) is 17.4. The second kappa shape index (κ2) is 10.2. The highest BCUT2D eigenvalue weighted by Crippen LogP contribution is 2.47. The van der Waals surface area contributed by atoms with Crippen LogP contribution in [0.1, 0.15) is 41.5 Å². The summed E-state index contributed by atoms with van der Waals surface area (Å²) < 4.78 is 17.4. The van der Waals surface area contributed by atoms with Gasteiger partial charge in [-0.3, -0.25) is 4.79 Å². The van der Waals surface area contributed by atoms with Crippen molar-refractivity contribution in [2.24, 2.45) is 17.0 Å². The van der Waals surface area contributed by atoms with Crippen LogP contribution in [0, 0.1) is 11.2 Å². The van der Waals surface area contributed by atoms with E-state index in [0.29, 0.717) is 36.7 Å². The Kier molecular flexibility index (Phi) is 6.98. The summed E-state index contributed by atoms with van der Waals surface area (Å²) in [5.41, 5.74) is 11.4. The van der Waals surface area contributed by atoms with Gasteiger partial charge in [-0.1, -0.05) is 12.5 Å². The molecule has 1 fully saturated rings. The minimum absolute atomic E-state index is 0.00877. The van der Waals surface area contributed by atoms with Crippen molar-refractivity contribution in [1.29, 1.82) is 0 Å². The quantitative estimate of drug-likeness (QED) is 0.197. The van der Waals surface area contributed by atoms with Crippen LogP contribution in [0.25, 0.3) is 11.8 Å². The molecule has 1 saturated heterocycles. The van der Waals surface area contributed by atoms with Crippen LogP contribution in [-0.4, -0.2) is 49.5 Å². The second-order valence-electron chi connectivity index (χ2n) is 9.05. The van der Waals surface area contributed by atoms with Crippen LogP contribution in [0.4, 0.5) is 4.39 Å². The summed E-state index contributed by atoms with van der Waals surface area (Å²) in [4.78, 5) is 18.3. The van der Waals surface area contributed by atoms with Crippen molar-refractivity contribution in [2.45, 2.75) is 26.2 Å². The van der Waals surface area contributed by atoms with Gasteiger partial charge >= 0.3 is 0 Å². The number of carbonyl (C=O) groups excluding carboxylic acids is 1. The summed E-state index contributed by atoms with van der Waals surface area (Å²) in [6, 6.07) is 6.26. The zero-order valence-corrected chi connectivity index (χ0v) is 21.6. The molecule has 1 aromatic carbocycles. The molecule has 11 heteroatoms. The number of nitrogens with zero attached hydrogens (tertiary/aromatic N) is 5. The summed E-state index contributed by atoms with van der Waals surface area (Å²) in [5.74, 6) is 5.71. The van der Waals surface area contributed by atoms with E-state index in [-0.39, 0.29) is 11.6 Å². The molecule has 0 bridgehead atoms. The van der Waals surface area contributed by atoms with Gasteiger partial charge in [-0.2, -0.15) is 5.10 Å². The summed E-state index contributed by atoms with van der Waals surface area (Å²) in [6.07, 6.45) is 7.75. The average Bonchev–Trinajstić information content (AvgIpc) is 3.53. The van der Waals surface area contributed by atoms with Crippen molar-refractivity contribution in [3.8, 4) is 5.69 Å². The Bertz CT molecular complexity index is 1300. The van der Waals surface area contributed by atoms with Crippen LogP contribution in [0.15, 0.2) is 58.2 Å². The molecule has 0 radical (unpaired) electrons. The number of hydrogen-bond donors (Lipinski definition) is 2. The fourth-order valence-corrected chi connectivity index (χ4v) is 6.39. The molecule has 4 N–H and O–H groups in total. The molecule has 36 heavy (non-hydrogen) atoms. The molecular weight excluding hydrogens is 497 g/mol. The molecule has 2 aliphatic rings. The number of carbonyl (C=O) groups is 1. The molecule has 2 aromatic heterocycles. The number of nitrogens with two attached hydrogens (primary N) is 2. The number of Topliss-reactive ketones (excluding diaryl/α,β-unsaturated/α-hetero) is 1. The minimum Gasteiger partial charge on any atom is -0.391 e. The maximum atomic E-state index is 14.0. The van der Waals surface area contributed by atoms with E-state index in [1.54, 1.807) is 35.0 Å². The van der Waals surface area contributed by atoms with Crippen LogP contribution in [0.2, 0.25) is 0 Å². The lowest BCUT2D eigenvalue weighted by Gasteiger charge is -2.44. The van der Waals surface area contributed by atoms with Gasteiger partial charge in [0.1, 0.15) is 11.5 Å². The van der Waals surface area contributed by atoms with E-state index in [1.165, 1.54) is 35.4 Å². The molecule has 3 aromatic rings. The molecule has 3 heterocycles. The van der Waals surface area contributed by atoms with Crippen LogP contribution < -0.4 is 11.6 Å². The van der Waals surface area contributed by atoms with E-state index in [0.717, 1.165) is 35.5 Å². The van der Waals surface area contributed by atoms with Crippen molar-refractivity contribution >= 4 is 35.1 Å². The lowest BCUT2D eigenvalue weighted by atomic mass is 9.65. The number of benzene rings is 1. The van der Waals surface area contributed by atoms with E-state index < -0.39 is 5.41 Å². The van der Waals surface area contributed by atoms with Crippen molar-refractivity contribution in [3.05, 3.63) is 80.9 Å². The maximum absolute atomic E-state index is 14.0. The van der Waals surface area contributed by atoms with Gasteiger partial charge in [0.2, 0.25) is 0 Å². The van der Waals surface area contributed by atoms with Gasteiger partial charge in [0.15, 0.2) is 5.78 Å². The zero-order valence-electron chi connectivity index (χ0n) is 19.9. The smallest absolute Gasteiger partial charge is 0.193 e. The highest BCUT2D eigenvalue weighted by Gasteiger charge is 2.49. The number of ketones is 1. The third-order valence-corrected chi connectivity index (χ3v) is 8.03. The van der Waals surface area contributed by atoms with Crippen LogP contribution in [0.5, 0.6) is 0 Å². The van der Waals surface area contributed by atoms with Crippen LogP contribution in [0.3, 0.4) is 0 Å². The first kappa shape index (κ1) is 24.7. The Hall–Kier alpha value is -2.99. The molecule has 1 aliphatic heterocycles. The lowest BCUT2D eigenvalue weighted by molar-refractivity contribution is 0.0776. The topological polar surface area (TPSA) is 106 Å². The summed E-state index contributed by atoms with van der Waals surface area (Å²) in [5, 5.41) is 8.56. The number of thiazole rings is 1. The van der Waals surface area contributed by atoms with Gasteiger partial charge in [0.05, 0.1) is 33.5 Å². The highest BCUT2D eigenvalue weighted by atomic mass is 32.2. The van der Waals surface area contributed by atoms with E-state index in [9.17, 15) is 9.18 Å². The number of hydrazine groups is 1. The first-order valence-corrected chi connectivity index (χ1v) is 13.5. The standard InChI is InChI=1S/C25H28FN7OS2/c1-2-8-31(28)13-23(27)36-32-9-7-18-10-22-17(12-30-33(22)20-5-3-19(26)4-6-20)11-25(18,15-32)24(34)21-14-35-16-29-21/h3-6,10,12-14,16H,2,7-9,11,15,27-28H2,1H3/b23-13+. The highest BCUT2D eigenvalue weighted by molar-refractivity contribution is 8.00. The van der Waals surface area contributed by atoms with Gasteiger partial charge in [-0.25, -0.2) is 24.2 Å². The van der Waals surface area contributed by atoms with Crippen molar-refractivity contribution in [3.63, 3.8) is 0 Å². The molecule has 188 valence electrons. The van der Waals surface area contributed by atoms with Gasteiger partial charge in [-0.05, 0) is 67.1 Å². The number of aromatic nitrogens is 3. The molecule has 1 unspecified atom stereocenters. The van der Waals surface area contributed by atoms with Gasteiger partial charge in [-0.15, -0.1) is 11.3 Å². The summed E-state index contributed by atoms with van der Waals surface area (Å²) in [7, 11) is 0. The first-order valence-electron chi connectivity index (χ1n) is 11.8. The monoisotopic (exact) mass is 525 g/mol. The molecular formula is C25H28FN7OS2. The predicted molar refractivity (Wildman–Crippen MR) is 141 cm³/mol. The number of hydrogen-bond acceptors (Lipinski definition) is 9. The third kappa shape index (κ3) is 4.71. The molecule has 1 atom stereocenters. The zero-order chi connectivity index (χ0) is 25.3. The fourth-order valence-electron chi connectivity index (χ4n) is 4.91. The Morgan fingerprint density at radius 1 is 1.36 bits per heavy atom. The van der Waals surface area contributed by atoms with E-state index >= 15 is 0 Å². The Morgan fingerprint density at radius 3 is 2.89 bits per heavy atom. The van der Waals surface area contributed by atoms with Gasteiger partial charge in [0, 0.05) is 31.2 Å². The Labute approximate surface area is 217 Å². The number of rotatable bonds is 8. The van der Waals surface area contributed by atoms with Crippen molar-refractivity contribution < 1.29 is 9.18 Å². The van der Waals surface area contributed by atoms with Gasteiger partial charge in [0.25, 0.3) is 0 Å². The molecule has 1 aliphatic carbocycles. The maximum Gasteiger partial charge on any atom is 0.193 e. The van der Waals surface area contributed by atoms with Crippen LogP contribution >= 0.6 is 23.3 Å². The number of piperidine rings is 1. The molecule has 8 nitrogen and oxygen atoms in total. The third-order valence-electron chi connectivity index (χ3n) is 6.56. The lowest BCUT2D eigenvalue weighted by Crippen LogP contribution is -2.49. The minimum atomic E-state index is -0.769. The number of halogens is 1. The van der Waals surface area contributed by atoms with E-state index in [4.69, 9.17) is 11.6 Å². The van der Waals surface area contributed by atoms with Crippen molar-refractivity contribution in [1.82, 2.24) is 24.1 Å².